The Labute approximate surface area is 123 Å². The maximum absolute atomic E-state index is 12.0. The Kier molecular flexibility index (Phi) is 4.87. The van der Waals surface area contributed by atoms with Gasteiger partial charge in [-0.25, -0.2) is 0 Å². The number of carbonyl (C=O) groups excluding carboxylic acids is 1. The zero-order chi connectivity index (χ0) is 15.2. The maximum atomic E-state index is 12.0. The summed E-state index contributed by atoms with van der Waals surface area (Å²) in [5, 5.41) is 13.0. The first-order valence-corrected chi connectivity index (χ1v) is 6.88. The second kappa shape index (κ2) is 6.83. The van der Waals surface area contributed by atoms with Crippen LogP contribution in [0.2, 0.25) is 0 Å². The van der Waals surface area contributed by atoms with Crippen LogP contribution in [0.3, 0.4) is 0 Å². The van der Waals surface area contributed by atoms with Crippen LogP contribution in [0.15, 0.2) is 47.1 Å². The summed E-state index contributed by atoms with van der Waals surface area (Å²) >= 11 is 0. The molecule has 0 fully saturated rings. The molecule has 0 bridgehead atoms. The lowest BCUT2D eigenvalue weighted by molar-refractivity contribution is -0.148. The van der Waals surface area contributed by atoms with Crippen LogP contribution in [0.5, 0.6) is 5.75 Å². The van der Waals surface area contributed by atoms with Crippen molar-refractivity contribution < 1.29 is 19.1 Å². The predicted molar refractivity (Wildman–Crippen MR) is 79.0 cm³/mol. The molecule has 2 aromatic rings. The molecule has 1 aromatic carbocycles. The van der Waals surface area contributed by atoms with Crippen molar-refractivity contribution in [2.24, 2.45) is 5.92 Å². The largest absolute Gasteiger partial charge is 0.506 e. The highest BCUT2D eigenvalue weighted by atomic mass is 16.5. The van der Waals surface area contributed by atoms with Crippen molar-refractivity contribution in [1.29, 1.82) is 0 Å². The van der Waals surface area contributed by atoms with Gasteiger partial charge in [0.2, 0.25) is 0 Å². The summed E-state index contributed by atoms with van der Waals surface area (Å²) in [7, 11) is 0. The summed E-state index contributed by atoms with van der Waals surface area (Å²) in [6.07, 6.45) is 1.55. The maximum Gasteiger partial charge on any atom is 0.311 e. The van der Waals surface area contributed by atoms with Crippen molar-refractivity contribution in [3.8, 4) is 5.75 Å². The molecule has 0 spiro atoms. The molecule has 0 unspecified atom stereocenters. The van der Waals surface area contributed by atoms with Gasteiger partial charge in [0.05, 0.1) is 30.5 Å². The van der Waals surface area contributed by atoms with Gasteiger partial charge in [0.1, 0.15) is 11.5 Å². The first kappa shape index (κ1) is 15.0. The summed E-state index contributed by atoms with van der Waals surface area (Å²) in [6.45, 7) is 3.85. The van der Waals surface area contributed by atoms with Crippen LogP contribution in [0, 0.1) is 5.92 Å². The zero-order valence-electron chi connectivity index (χ0n) is 12.1. The highest BCUT2D eigenvalue weighted by Gasteiger charge is 2.29. The first-order valence-electron chi connectivity index (χ1n) is 6.88. The Morgan fingerprint density at radius 3 is 2.71 bits per heavy atom. The molecule has 2 atom stereocenters. The predicted octanol–water partition coefficient (Wildman–Crippen LogP) is 3.34. The van der Waals surface area contributed by atoms with Gasteiger partial charge in [-0.1, -0.05) is 12.1 Å². The summed E-state index contributed by atoms with van der Waals surface area (Å²) in [4.78, 5) is 12.0. The molecule has 0 amide bonds. The fraction of sp³-hybridized carbons (Fsp3) is 0.312. The van der Waals surface area contributed by atoms with E-state index in [4.69, 9.17) is 9.15 Å². The Bertz CT molecular complexity index is 580. The third kappa shape index (κ3) is 3.56. The molecule has 0 radical (unpaired) electrons. The normalized spacial score (nSPS) is 13.4. The Balaban J connectivity index is 2.25. The number of rotatable bonds is 6. The van der Waals surface area contributed by atoms with E-state index in [-0.39, 0.29) is 11.7 Å². The van der Waals surface area contributed by atoms with Gasteiger partial charge in [-0.15, -0.1) is 0 Å². The number of ether oxygens (including phenoxy) is 1. The number of benzene rings is 1. The summed E-state index contributed by atoms with van der Waals surface area (Å²) in [6, 6.07) is 9.97. The van der Waals surface area contributed by atoms with E-state index in [0.717, 1.165) is 0 Å². The number of esters is 1. The van der Waals surface area contributed by atoms with Crippen molar-refractivity contribution in [3.63, 3.8) is 0 Å². The highest BCUT2D eigenvalue weighted by molar-refractivity contribution is 5.74. The van der Waals surface area contributed by atoms with Crippen molar-refractivity contribution >= 4 is 11.7 Å². The zero-order valence-corrected chi connectivity index (χ0v) is 12.1. The fourth-order valence-electron chi connectivity index (χ4n) is 2.08. The second-order valence-electron chi connectivity index (χ2n) is 4.70. The third-order valence-electron chi connectivity index (χ3n) is 3.22. The Hall–Kier alpha value is -2.43. The average Bonchev–Trinajstić information content (AvgIpc) is 3.00. The topological polar surface area (TPSA) is 71.7 Å². The number of nitrogens with one attached hydrogen (secondary N) is 1. The summed E-state index contributed by atoms with van der Waals surface area (Å²) in [5.41, 5.74) is 0.537. The van der Waals surface area contributed by atoms with Gasteiger partial charge in [0, 0.05) is 0 Å². The number of hydrogen-bond donors (Lipinski definition) is 2. The van der Waals surface area contributed by atoms with Gasteiger partial charge < -0.3 is 19.6 Å². The molecular weight excluding hydrogens is 270 g/mol. The highest BCUT2D eigenvalue weighted by Crippen LogP contribution is 2.31. The van der Waals surface area contributed by atoms with Crippen LogP contribution < -0.4 is 5.32 Å². The van der Waals surface area contributed by atoms with E-state index in [1.807, 2.05) is 0 Å². The molecule has 0 saturated heterocycles. The minimum atomic E-state index is -0.462. The Morgan fingerprint density at radius 1 is 1.33 bits per heavy atom. The second-order valence-corrected chi connectivity index (χ2v) is 4.70. The quantitative estimate of drug-likeness (QED) is 0.630. The van der Waals surface area contributed by atoms with Crippen molar-refractivity contribution in [2.75, 3.05) is 11.9 Å². The standard InChI is InChI=1S/C16H19NO4/c1-3-20-16(19)11(2)15(14-9-6-10-21-14)17-12-7-4-5-8-13(12)18/h4-11,15,17-18H,3H2,1-2H3/t11-,15-/m0/s1. The van der Waals surface area contributed by atoms with Gasteiger partial charge >= 0.3 is 5.97 Å². The van der Waals surface area contributed by atoms with Gasteiger partial charge in [0.25, 0.3) is 0 Å². The van der Waals surface area contributed by atoms with Crippen molar-refractivity contribution in [3.05, 3.63) is 48.4 Å². The van der Waals surface area contributed by atoms with Gasteiger partial charge in [-0.2, -0.15) is 0 Å². The lowest BCUT2D eigenvalue weighted by Gasteiger charge is -2.23. The monoisotopic (exact) mass is 289 g/mol. The van der Waals surface area contributed by atoms with E-state index in [0.29, 0.717) is 18.1 Å². The molecule has 112 valence electrons. The Morgan fingerprint density at radius 2 is 2.10 bits per heavy atom. The summed E-state index contributed by atoms with van der Waals surface area (Å²) in [5.74, 6) is -0.0542. The number of para-hydroxylation sites is 2. The molecule has 0 aliphatic carbocycles. The lowest BCUT2D eigenvalue weighted by Crippen LogP contribution is -2.27. The molecule has 0 aliphatic heterocycles. The molecule has 0 saturated carbocycles. The number of phenolic OH excluding ortho intramolecular Hbond substituents is 1. The van der Waals surface area contributed by atoms with E-state index < -0.39 is 12.0 Å². The molecular formula is C16H19NO4. The number of aromatic hydroxyl groups is 1. The number of furan rings is 1. The molecule has 1 heterocycles. The molecule has 0 aliphatic rings. The molecule has 5 heteroatoms. The number of phenols is 1. The molecule has 2 N–H and O–H groups in total. The molecule has 1 aromatic heterocycles. The fourth-order valence-corrected chi connectivity index (χ4v) is 2.08. The van der Waals surface area contributed by atoms with Crippen molar-refractivity contribution in [2.45, 2.75) is 19.9 Å². The van der Waals surface area contributed by atoms with Gasteiger partial charge in [-0.05, 0) is 38.1 Å². The van der Waals surface area contributed by atoms with Crippen LogP contribution in [0.4, 0.5) is 5.69 Å². The first-order chi connectivity index (χ1) is 10.1. The minimum absolute atomic E-state index is 0.116. The molecule has 5 nitrogen and oxygen atoms in total. The van der Waals surface area contributed by atoms with Gasteiger partial charge in [0.15, 0.2) is 0 Å². The van der Waals surface area contributed by atoms with E-state index >= 15 is 0 Å². The number of anilines is 1. The SMILES string of the molecule is CCOC(=O)[C@@H](C)[C@H](Nc1ccccc1O)c1ccco1. The lowest BCUT2D eigenvalue weighted by atomic mass is 9.99. The smallest absolute Gasteiger partial charge is 0.311 e. The van der Waals surface area contributed by atoms with Crippen LogP contribution in [-0.2, 0) is 9.53 Å². The van der Waals surface area contributed by atoms with Crippen LogP contribution >= 0.6 is 0 Å². The number of carbonyl (C=O) groups is 1. The summed E-state index contributed by atoms with van der Waals surface area (Å²) < 4.78 is 10.5. The third-order valence-corrected chi connectivity index (χ3v) is 3.22. The van der Waals surface area contributed by atoms with E-state index in [1.165, 1.54) is 0 Å². The van der Waals surface area contributed by atoms with E-state index in [9.17, 15) is 9.90 Å². The minimum Gasteiger partial charge on any atom is -0.506 e. The molecule has 21 heavy (non-hydrogen) atoms. The average molecular weight is 289 g/mol. The van der Waals surface area contributed by atoms with Crippen LogP contribution in [0.1, 0.15) is 25.6 Å². The molecule has 2 rings (SSSR count). The number of hydrogen-bond acceptors (Lipinski definition) is 5. The van der Waals surface area contributed by atoms with E-state index in [2.05, 4.69) is 5.32 Å². The van der Waals surface area contributed by atoms with Crippen LogP contribution in [0.25, 0.3) is 0 Å². The van der Waals surface area contributed by atoms with E-state index in [1.54, 1.807) is 56.5 Å². The van der Waals surface area contributed by atoms with Crippen molar-refractivity contribution in [1.82, 2.24) is 0 Å². The van der Waals surface area contributed by atoms with Crippen LogP contribution in [-0.4, -0.2) is 17.7 Å². The van der Waals surface area contributed by atoms with Gasteiger partial charge in [-0.3, -0.25) is 4.79 Å².